The summed E-state index contributed by atoms with van der Waals surface area (Å²) in [6, 6.07) is 7.47. The Labute approximate surface area is 88.7 Å². The van der Waals surface area contributed by atoms with Crippen molar-refractivity contribution in [1.82, 2.24) is 0 Å². The highest BCUT2D eigenvalue weighted by atomic mass is 16.5. The van der Waals surface area contributed by atoms with Crippen molar-refractivity contribution in [3.05, 3.63) is 35.4 Å². The summed E-state index contributed by atoms with van der Waals surface area (Å²) in [6.07, 6.45) is -1.38. The number of hydrogen-bond acceptors (Lipinski definition) is 3. The summed E-state index contributed by atoms with van der Waals surface area (Å²) >= 11 is 0. The van der Waals surface area contributed by atoms with E-state index in [1.807, 2.05) is 31.2 Å². The highest BCUT2D eigenvalue weighted by molar-refractivity contribution is 5.78. The predicted octanol–water partition coefficient (Wildman–Crippen LogP) is 0.880. The van der Waals surface area contributed by atoms with E-state index in [2.05, 4.69) is 16.6 Å². The SMILES string of the molecule is COC(=O)C(O)C#Cc1ccc(C)cc1. The van der Waals surface area contributed by atoms with Gasteiger partial charge in [-0.1, -0.05) is 29.5 Å². The molecule has 1 unspecified atom stereocenters. The highest BCUT2D eigenvalue weighted by Gasteiger charge is 2.10. The van der Waals surface area contributed by atoms with Gasteiger partial charge in [0.2, 0.25) is 6.10 Å². The van der Waals surface area contributed by atoms with Crippen molar-refractivity contribution in [3.63, 3.8) is 0 Å². The number of rotatable bonds is 1. The topological polar surface area (TPSA) is 46.5 Å². The van der Waals surface area contributed by atoms with Gasteiger partial charge in [-0.25, -0.2) is 4.79 Å². The lowest BCUT2D eigenvalue weighted by molar-refractivity contribution is -0.147. The van der Waals surface area contributed by atoms with Gasteiger partial charge >= 0.3 is 5.97 Å². The number of methoxy groups -OCH3 is 1. The van der Waals surface area contributed by atoms with Crippen molar-refractivity contribution in [1.29, 1.82) is 0 Å². The van der Waals surface area contributed by atoms with E-state index >= 15 is 0 Å². The molecule has 0 saturated heterocycles. The van der Waals surface area contributed by atoms with Crippen molar-refractivity contribution < 1.29 is 14.6 Å². The normalized spacial score (nSPS) is 11.1. The summed E-state index contributed by atoms with van der Waals surface area (Å²) in [6.45, 7) is 1.97. The number of benzene rings is 1. The van der Waals surface area contributed by atoms with Gasteiger partial charge in [0.05, 0.1) is 7.11 Å². The molecule has 1 aromatic rings. The number of hydrogen-bond donors (Lipinski definition) is 1. The fourth-order valence-electron chi connectivity index (χ4n) is 0.959. The first-order chi connectivity index (χ1) is 7.13. The summed E-state index contributed by atoms with van der Waals surface area (Å²) in [5.41, 5.74) is 1.89. The number of esters is 1. The Morgan fingerprint density at radius 3 is 2.53 bits per heavy atom. The first-order valence-corrected chi connectivity index (χ1v) is 4.47. The number of aliphatic hydroxyl groups excluding tert-OH is 1. The molecule has 0 spiro atoms. The predicted molar refractivity (Wildman–Crippen MR) is 56.1 cm³/mol. The van der Waals surface area contributed by atoms with E-state index in [0.29, 0.717) is 0 Å². The quantitative estimate of drug-likeness (QED) is 0.545. The molecule has 1 rings (SSSR count). The average Bonchev–Trinajstić information content (AvgIpc) is 2.26. The smallest absolute Gasteiger partial charge is 0.347 e. The van der Waals surface area contributed by atoms with Crippen molar-refractivity contribution >= 4 is 5.97 Å². The minimum absolute atomic E-state index is 0.741. The molecule has 78 valence electrons. The van der Waals surface area contributed by atoms with Crippen LogP contribution in [0.15, 0.2) is 24.3 Å². The third kappa shape index (κ3) is 3.45. The van der Waals surface area contributed by atoms with E-state index in [1.54, 1.807) is 0 Å². The Kier molecular flexibility index (Phi) is 3.90. The van der Waals surface area contributed by atoms with E-state index in [-0.39, 0.29) is 0 Å². The van der Waals surface area contributed by atoms with Crippen molar-refractivity contribution in [3.8, 4) is 11.8 Å². The van der Waals surface area contributed by atoms with Crippen LogP contribution in [0, 0.1) is 18.8 Å². The van der Waals surface area contributed by atoms with Gasteiger partial charge in [0.15, 0.2) is 0 Å². The number of ether oxygens (including phenoxy) is 1. The molecule has 3 heteroatoms. The monoisotopic (exact) mass is 204 g/mol. The number of carbonyl (C=O) groups is 1. The third-order valence-corrected chi connectivity index (χ3v) is 1.83. The lowest BCUT2D eigenvalue weighted by Crippen LogP contribution is -2.19. The van der Waals surface area contributed by atoms with Crippen molar-refractivity contribution in [2.24, 2.45) is 0 Å². The number of aliphatic hydroxyl groups is 1. The van der Waals surface area contributed by atoms with E-state index in [9.17, 15) is 9.90 Å². The molecule has 0 aliphatic carbocycles. The molecule has 0 bridgehead atoms. The highest BCUT2D eigenvalue weighted by Crippen LogP contribution is 2.01. The van der Waals surface area contributed by atoms with E-state index in [1.165, 1.54) is 7.11 Å². The largest absolute Gasteiger partial charge is 0.466 e. The molecule has 1 aromatic carbocycles. The zero-order chi connectivity index (χ0) is 11.3. The van der Waals surface area contributed by atoms with Crippen LogP contribution in [0.3, 0.4) is 0 Å². The Bertz CT molecular complexity index is 395. The standard InChI is InChI=1S/C12H12O3/c1-9-3-5-10(6-4-9)7-8-11(13)12(14)15-2/h3-6,11,13H,1-2H3. The van der Waals surface area contributed by atoms with Crippen molar-refractivity contribution in [2.75, 3.05) is 7.11 Å². The van der Waals surface area contributed by atoms with Gasteiger partial charge in [-0.2, -0.15) is 0 Å². The Morgan fingerprint density at radius 2 is 2.00 bits per heavy atom. The molecule has 1 atom stereocenters. The molecule has 0 saturated carbocycles. The van der Waals surface area contributed by atoms with Gasteiger partial charge in [0.1, 0.15) is 0 Å². The van der Waals surface area contributed by atoms with Crippen LogP contribution in [-0.4, -0.2) is 24.3 Å². The van der Waals surface area contributed by atoms with Gasteiger partial charge in [-0.15, -0.1) is 0 Å². The molecule has 0 radical (unpaired) electrons. The van der Waals surface area contributed by atoms with Crippen LogP contribution in [0.5, 0.6) is 0 Å². The van der Waals surface area contributed by atoms with Gasteiger partial charge < -0.3 is 9.84 Å². The minimum atomic E-state index is -1.38. The maximum atomic E-state index is 10.8. The Balaban J connectivity index is 2.73. The molecule has 0 aromatic heterocycles. The van der Waals surface area contributed by atoms with Crippen LogP contribution in [0.1, 0.15) is 11.1 Å². The fourth-order valence-corrected chi connectivity index (χ4v) is 0.959. The van der Waals surface area contributed by atoms with Gasteiger partial charge in [-0.05, 0) is 19.1 Å². The first kappa shape index (κ1) is 11.3. The zero-order valence-corrected chi connectivity index (χ0v) is 8.65. The summed E-state index contributed by atoms with van der Waals surface area (Å²) in [5, 5.41) is 9.19. The average molecular weight is 204 g/mol. The molecule has 15 heavy (non-hydrogen) atoms. The second kappa shape index (κ2) is 5.18. The lowest BCUT2D eigenvalue weighted by atomic mass is 10.1. The second-order valence-electron chi connectivity index (χ2n) is 3.06. The van der Waals surface area contributed by atoms with Crippen LogP contribution in [0.2, 0.25) is 0 Å². The lowest BCUT2D eigenvalue weighted by Gasteiger charge is -1.98. The molecular weight excluding hydrogens is 192 g/mol. The van der Waals surface area contributed by atoms with Crippen LogP contribution in [0.4, 0.5) is 0 Å². The zero-order valence-electron chi connectivity index (χ0n) is 8.65. The molecule has 0 aliphatic rings. The summed E-state index contributed by atoms with van der Waals surface area (Å²) in [5.74, 6) is 4.34. The first-order valence-electron chi connectivity index (χ1n) is 4.47. The van der Waals surface area contributed by atoms with Crippen LogP contribution >= 0.6 is 0 Å². The molecule has 1 N–H and O–H groups in total. The maximum Gasteiger partial charge on any atom is 0.347 e. The molecule has 0 heterocycles. The molecular formula is C12H12O3. The Hall–Kier alpha value is -1.79. The third-order valence-electron chi connectivity index (χ3n) is 1.83. The van der Waals surface area contributed by atoms with Crippen LogP contribution in [-0.2, 0) is 9.53 Å². The van der Waals surface area contributed by atoms with Gasteiger partial charge in [-0.3, -0.25) is 0 Å². The van der Waals surface area contributed by atoms with E-state index < -0.39 is 12.1 Å². The molecule has 0 fully saturated rings. The molecule has 0 aliphatic heterocycles. The maximum absolute atomic E-state index is 10.8. The van der Waals surface area contributed by atoms with Crippen molar-refractivity contribution in [2.45, 2.75) is 13.0 Å². The van der Waals surface area contributed by atoms with Crippen LogP contribution in [0.25, 0.3) is 0 Å². The number of carbonyl (C=O) groups excluding carboxylic acids is 1. The number of aryl methyl sites for hydroxylation is 1. The van der Waals surface area contributed by atoms with E-state index in [4.69, 9.17) is 0 Å². The summed E-state index contributed by atoms with van der Waals surface area (Å²) < 4.78 is 4.33. The van der Waals surface area contributed by atoms with E-state index in [0.717, 1.165) is 11.1 Å². The van der Waals surface area contributed by atoms with Gasteiger partial charge in [0.25, 0.3) is 0 Å². The second-order valence-corrected chi connectivity index (χ2v) is 3.06. The Morgan fingerprint density at radius 1 is 1.40 bits per heavy atom. The summed E-state index contributed by atoms with van der Waals surface area (Å²) in [7, 11) is 1.21. The van der Waals surface area contributed by atoms with Gasteiger partial charge in [0, 0.05) is 5.56 Å². The summed E-state index contributed by atoms with van der Waals surface area (Å²) in [4.78, 5) is 10.8. The minimum Gasteiger partial charge on any atom is -0.466 e. The molecule has 0 amide bonds. The fraction of sp³-hybridized carbons (Fsp3) is 0.250. The molecule has 3 nitrogen and oxygen atoms in total. The van der Waals surface area contributed by atoms with Crippen LogP contribution < -0.4 is 0 Å².